The van der Waals surface area contributed by atoms with Gasteiger partial charge in [0.1, 0.15) is 0 Å². The second-order valence-electron chi connectivity index (χ2n) is 6.63. The molecule has 7 nitrogen and oxygen atoms in total. The standard InChI is InChI=1S/C19H21F3N4O3/c1-3-29-18(28)25-10-8-24(9-11-25)17(27)15-12-23-26(16(15)19(20,21)22)14-6-4-13(2)5-7-14/h4-7,12H,3,8-11H2,1-2H3. The van der Waals surface area contributed by atoms with Crippen molar-refractivity contribution in [3.63, 3.8) is 0 Å². The molecule has 0 spiro atoms. The summed E-state index contributed by atoms with van der Waals surface area (Å²) >= 11 is 0. The Morgan fingerprint density at radius 3 is 2.21 bits per heavy atom. The minimum Gasteiger partial charge on any atom is -0.450 e. The quantitative estimate of drug-likeness (QED) is 0.780. The Balaban J connectivity index is 1.85. The number of aryl methyl sites for hydroxylation is 1. The van der Waals surface area contributed by atoms with Crippen LogP contribution in [0.1, 0.15) is 28.5 Å². The van der Waals surface area contributed by atoms with Crippen LogP contribution in [0.2, 0.25) is 0 Å². The fourth-order valence-corrected chi connectivity index (χ4v) is 3.14. The third-order valence-corrected chi connectivity index (χ3v) is 4.64. The zero-order chi connectivity index (χ0) is 21.2. The molecule has 1 aliphatic heterocycles. The molecule has 0 aliphatic carbocycles. The highest BCUT2D eigenvalue weighted by Crippen LogP contribution is 2.34. The van der Waals surface area contributed by atoms with Crippen LogP contribution in [-0.2, 0) is 10.9 Å². The summed E-state index contributed by atoms with van der Waals surface area (Å²) in [6.45, 7) is 4.35. The van der Waals surface area contributed by atoms with Gasteiger partial charge < -0.3 is 14.5 Å². The molecule has 0 radical (unpaired) electrons. The Hall–Kier alpha value is -3.04. The van der Waals surface area contributed by atoms with Gasteiger partial charge in [-0.15, -0.1) is 0 Å². The van der Waals surface area contributed by atoms with E-state index in [2.05, 4.69) is 5.10 Å². The van der Waals surface area contributed by atoms with Crippen LogP contribution in [0, 0.1) is 6.92 Å². The largest absolute Gasteiger partial charge is 0.450 e. The van der Waals surface area contributed by atoms with Crippen molar-refractivity contribution >= 4 is 12.0 Å². The number of carbonyl (C=O) groups excluding carboxylic acids is 2. The molecule has 10 heteroatoms. The van der Waals surface area contributed by atoms with Crippen LogP contribution < -0.4 is 0 Å². The number of hydrogen-bond acceptors (Lipinski definition) is 4. The van der Waals surface area contributed by atoms with Crippen molar-refractivity contribution < 1.29 is 27.5 Å². The predicted octanol–water partition coefficient (Wildman–Crippen LogP) is 3.11. The van der Waals surface area contributed by atoms with Gasteiger partial charge in [0, 0.05) is 26.2 Å². The van der Waals surface area contributed by atoms with Crippen LogP contribution in [0.4, 0.5) is 18.0 Å². The number of rotatable bonds is 3. The smallest absolute Gasteiger partial charge is 0.434 e. The van der Waals surface area contributed by atoms with E-state index in [0.29, 0.717) is 0 Å². The molecule has 1 aromatic heterocycles. The van der Waals surface area contributed by atoms with Crippen molar-refractivity contribution in [1.29, 1.82) is 0 Å². The topological polar surface area (TPSA) is 67.7 Å². The van der Waals surface area contributed by atoms with Gasteiger partial charge >= 0.3 is 12.3 Å². The average Bonchev–Trinajstić information content (AvgIpc) is 3.14. The summed E-state index contributed by atoms with van der Waals surface area (Å²) < 4.78 is 47.0. The number of nitrogens with zero attached hydrogens (tertiary/aromatic N) is 4. The third-order valence-electron chi connectivity index (χ3n) is 4.64. The molecular formula is C19H21F3N4O3. The van der Waals surface area contributed by atoms with Crippen molar-refractivity contribution in [2.45, 2.75) is 20.0 Å². The summed E-state index contributed by atoms with van der Waals surface area (Å²) in [4.78, 5) is 27.3. The lowest BCUT2D eigenvalue weighted by Gasteiger charge is -2.34. The number of aromatic nitrogens is 2. The Bertz CT molecular complexity index is 885. The number of benzene rings is 1. The molecule has 1 fully saturated rings. The van der Waals surface area contributed by atoms with Gasteiger partial charge in [-0.2, -0.15) is 18.3 Å². The first kappa shape index (κ1) is 20.7. The van der Waals surface area contributed by atoms with Crippen LogP contribution in [0.15, 0.2) is 30.5 Å². The molecular weight excluding hydrogens is 389 g/mol. The van der Waals surface area contributed by atoms with Gasteiger partial charge in [-0.1, -0.05) is 17.7 Å². The SMILES string of the molecule is CCOC(=O)N1CCN(C(=O)c2cnn(-c3ccc(C)cc3)c2C(F)(F)F)CC1. The van der Waals surface area contributed by atoms with E-state index < -0.39 is 29.4 Å². The molecule has 0 unspecified atom stereocenters. The molecule has 2 aromatic rings. The molecule has 156 valence electrons. The van der Waals surface area contributed by atoms with Gasteiger partial charge in [-0.25, -0.2) is 9.48 Å². The number of piperazine rings is 1. The number of ether oxygens (including phenoxy) is 1. The Kier molecular flexibility index (Phi) is 5.81. The minimum absolute atomic E-state index is 0.116. The van der Waals surface area contributed by atoms with Crippen molar-refractivity contribution in [3.05, 3.63) is 47.3 Å². The Morgan fingerprint density at radius 2 is 1.66 bits per heavy atom. The number of amides is 2. The lowest BCUT2D eigenvalue weighted by Crippen LogP contribution is -2.51. The molecule has 0 N–H and O–H groups in total. The van der Waals surface area contributed by atoms with Gasteiger partial charge in [0.05, 0.1) is 24.1 Å². The highest BCUT2D eigenvalue weighted by molar-refractivity contribution is 5.95. The molecule has 0 bridgehead atoms. The third kappa shape index (κ3) is 4.36. The van der Waals surface area contributed by atoms with Crippen LogP contribution in [-0.4, -0.2) is 64.4 Å². The molecule has 1 aliphatic rings. The highest BCUT2D eigenvalue weighted by atomic mass is 19.4. The molecule has 3 rings (SSSR count). The lowest BCUT2D eigenvalue weighted by molar-refractivity contribution is -0.143. The van der Waals surface area contributed by atoms with E-state index in [1.807, 2.05) is 6.92 Å². The van der Waals surface area contributed by atoms with Crippen molar-refractivity contribution in [2.75, 3.05) is 32.8 Å². The normalized spacial score (nSPS) is 14.8. The monoisotopic (exact) mass is 410 g/mol. The van der Waals surface area contributed by atoms with Gasteiger partial charge in [0.15, 0.2) is 5.69 Å². The van der Waals surface area contributed by atoms with E-state index >= 15 is 0 Å². The van der Waals surface area contributed by atoms with E-state index in [-0.39, 0.29) is 38.5 Å². The molecule has 1 aromatic carbocycles. The summed E-state index contributed by atoms with van der Waals surface area (Å²) in [5, 5.41) is 3.83. The highest BCUT2D eigenvalue weighted by Gasteiger charge is 2.41. The summed E-state index contributed by atoms with van der Waals surface area (Å²) in [5.41, 5.74) is -0.513. The maximum atomic E-state index is 13.8. The molecule has 2 amide bonds. The van der Waals surface area contributed by atoms with Gasteiger partial charge in [-0.3, -0.25) is 4.79 Å². The van der Waals surface area contributed by atoms with E-state index in [0.717, 1.165) is 16.4 Å². The number of halogens is 3. The summed E-state index contributed by atoms with van der Waals surface area (Å²) in [5.74, 6) is -0.765. The fraction of sp³-hybridized carbons (Fsp3) is 0.421. The summed E-state index contributed by atoms with van der Waals surface area (Å²) in [6, 6.07) is 6.38. The van der Waals surface area contributed by atoms with Crippen LogP contribution in [0.25, 0.3) is 5.69 Å². The van der Waals surface area contributed by atoms with Crippen LogP contribution >= 0.6 is 0 Å². The van der Waals surface area contributed by atoms with E-state index in [4.69, 9.17) is 4.74 Å². The summed E-state index contributed by atoms with van der Waals surface area (Å²) in [6.07, 6.45) is -4.32. The zero-order valence-corrected chi connectivity index (χ0v) is 16.1. The fourth-order valence-electron chi connectivity index (χ4n) is 3.14. The number of carbonyl (C=O) groups is 2. The van der Waals surface area contributed by atoms with E-state index in [1.165, 1.54) is 21.9 Å². The molecule has 0 saturated carbocycles. The van der Waals surface area contributed by atoms with Crippen LogP contribution in [0.3, 0.4) is 0 Å². The number of alkyl halides is 3. The maximum Gasteiger partial charge on any atom is 0.434 e. The van der Waals surface area contributed by atoms with E-state index in [9.17, 15) is 22.8 Å². The minimum atomic E-state index is -4.76. The van der Waals surface area contributed by atoms with Crippen LogP contribution in [0.5, 0.6) is 0 Å². The van der Waals surface area contributed by atoms with E-state index in [1.54, 1.807) is 19.1 Å². The van der Waals surface area contributed by atoms with Gasteiger partial charge in [-0.05, 0) is 26.0 Å². The molecule has 29 heavy (non-hydrogen) atoms. The Morgan fingerprint density at radius 1 is 1.07 bits per heavy atom. The second kappa shape index (κ2) is 8.14. The maximum absolute atomic E-state index is 13.8. The van der Waals surface area contributed by atoms with Crippen molar-refractivity contribution in [1.82, 2.24) is 19.6 Å². The van der Waals surface area contributed by atoms with Gasteiger partial charge in [0.2, 0.25) is 0 Å². The van der Waals surface area contributed by atoms with Crippen molar-refractivity contribution in [3.8, 4) is 5.69 Å². The Labute approximate surface area is 165 Å². The first-order valence-electron chi connectivity index (χ1n) is 9.15. The first-order chi connectivity index (χ1) is 13.7. The zero-order valence-electron chi connectivity index (χ0n) is 16.1. The number of hydrogen-bond donors (Lipinski definition) is 0. The van der Waals surface area contributed by atoms with Gasteiger partial charge in [0.25, 0.3) is 5.91 Å². The molecule has 2 heterocycles. The molecule has 0 atom stereocenters. The summed E-state index contributed by atoms with van der Waals surface area (Å²) in [7, 11) is 0. The molecule has 1 saturated heterocycles. The average molecular weight is 410 g/mol. The first-order valence-corrected chi connectivity index (χ1v) is 9.15. The van der Waals surface area contributed by atoms with Crippen molar-refractivity contribution in [2.24, 2.45) is 0 Å². The lowest BCUT2D eigenvalue weighted by atomic mass is 10.1. The predicted molar refractivity (Wildman–Crippen MR) is 97.8 cm³/mol. The second-order valence-corrected chi connectivity index (χ2v) is 6.63.